The maximum Gasteiger partial charge on any atom is 0.336 e. The molecule has 2 aromatic heterocycles. The van der Waals surface area contributed by atoms with E-state index in [0.29, 0.717) is 39.1 Å². The minimum Gasteiger partial charge on any atom is -0.497 e. The van der Waals surface area contributed by atoms with Crippen molar-refractivity contribution in [1.29, 1.82) is 0 Å². The van der Waals surface area contributed by atoms with Gasteiger partial charge in [-0.05, 0) is 56.0 Å². The van der Waals surface area contributed by atoms with Gasteiger partial charge >= 0.3 is 11.6 Å². The Labute approximate surface area is 207 Å². The Morgan fingerprint density at radius 1 is 0.972 bits per heavy atom. The molecule has 0 amide bonds. The lowest BCUT2D eigenvalue weighted by Gasteiger charge is -2.29. The molecule has 1 aliphatic rings. The van der Waals surface area contributed by atoms with Crippen LogP contribution in [0.2, 0.25) is 0 Å². The molecule has 0 radical (unpaired) electrons. The molecule has 0 spiro atoms. The van der Waals surface area contributed by atoms with Crippen molar-refractivity contribution < 1.29 is 23.1 Å². The molecule has 0 bridgehead atoms. The summed E-state index contributed by atoms with van der Waals surface area (Å²) in [5, 5.41) is 1.12. The maximum absolute atomic E-state index is 13.9. The highest BCUT2D eigenvalue weighted by atomic mass is 16.5. The molecule has 8 nitrogen and oxygen atoms in total. The number of fused-ring (bicyclic) bond motifs is 2. The van der Waals surface area contributed by atoms with Crippen LogP contribution in [0.5, 0.6) is 11.5 Å². The number of hydrogen-bond acceptors (Lipinski definition) is 8. The van der Waals surface area contributed by atoms with E-state index in [9.17, 15) is 14.4 Å². The summed E-state index contributed by atoms with van der Waals surface area (Å²) in [5.41, 5.74) is 1.60. The van der Waals surface area contributed by atoms with E-state index in [4.69, 9.17) is 18.3 Å². The van der Waals surface area contributed by atoms with Crippen LogP contribution in [0.1, 0.15) is 42.9 Å². The van der Waals surface area contributed by atoms with Crippen molar-refractivity contribution in [2.75, 3.05) is 25.1 Å². The van der Waals surface area contributed by atoms with Gasteiger partial charge in [0.2, 0.25) is 5.88 Å². The fourth-order valence-electron chi connectivity index (χ4n) is 4.85. The second kappa shape index (κ2) is 9.53. The van der Waals surface area contributed by atoms with Crippen LogP contribution in [0.15, 0.2) is 54.8 Å². The van der Waals surface area contributed by atoms with Gasteiger partial charge in [-0.3, -0.25) is 9.59 Å². The van der Waals surface area contributed by atoms with Crippen LogP contribution >= 0.6 is 0 Å². The number of rotatable bonds is 5. The molecule has 1 saturated heterocycles. The van der Waals surface area contributed by atoms with Gasteiger partial charge in [-0.25, -0.2) is 4.79 Å². The van der Waals surface area contributed by atoms with Crippen LogP contribution in [0.4, 0.5) is 5.88 Å². The third-order valence-electron chi connectivity index (χ3n) is 6.60. The highest BCUT2D eigenvalue weighted by molar-refractivity contribution is 5.87. The fourth-order valence-corrected chi connectivity index (χ4v) is 4.85. The van der Waals surface area contributed by atoms with Gasteiger partial charge in [-0.15, -0.1) is 0 Å². The Kier molecular flexibility index (Phi) is 6.26. The smallest absolute Gasteiger partial charge is 0.336 e. The molecule has 0 unspecified atom stereocenters. The van der Waals surface area contributed by atoms with Gasteiger partial charge in [0.15, 0.2) is 5.43 Å². The SMILES string of the molecule is COc1ccc2c(=O)c(Cc3c(OC(C)=O)ccc4c(C)cc(=O)oc34)c(N3CCCCC3)oc2c1. The van der Waals surface area contributed by atoms with Crippen LogP contribution < -0.4 is 25.4 Å². The van der Waals surface area contributed by atoms with Crippen LogP contribution in [0, 0.1) is 6.92 Å². The van der Waals surface area contributed by atoms with Gasteiger partial charge in [0.05, 0.1) is 18.1 Å². The summed E-state index contributed by atoms with van der Waals surface area (Å²) < 4.78 is 22.8. The largest absolute Gasteiger partial charge is 0.497 e. The summed E-state index contributed by atoms with van der Waals surface area (Å²) in [6.07, 6.45) is 3.14. The first-order chi connectivity index (χ1) is 17.4. The van der Waals surface area contributed by atoms with Crippen LogP contribution in [-0.4, -0.2) is 26.2 Å². The zero-order valence-corrected chi connectivity index (χ0v) is 20.5. The Bertz CT molecular complexity index is 1590. The van der Waals surface area contributed by atoms with Gasteiger partial charge in [-0.2, -0.15) is 0 Å². The topological polar surface area (TPSA) is 99.2 Å². The first-order valence-electron chi connectivity index (χ1n) is 12.0. The molecule has 36 heavy (non-hydrogen) atoms. The second-order valence-electron chi connectivity index (χ2n) is 9.06. The average Bonchev–Trinajstić information content (AvgIpc) is 2.86. The molecule has 0 saturated carbocycles. The van der Waals surface area contributed by atoms with Crippen molar-refractivity contribution in [3.8, 4) is 11.5 Å². The summed E-state index contributed by atoms with van der Waals surface area (Å²) in [6, 6.07) is 9.93. The second-order valence-corrected chi connectivity index (χ2v) is 9.06. The number of nitrogens with zero attached hydrogens (tertiary/aromatic N) is 1. The lowest BCUT2D eigenvalue weighted by Crippen LogP contribution is -2.32. The van der Waals surface area contributed by atoms with Gasteiger partial charge in [-0.1, -0.05) is 0 Å². The van der Waals surface area contributed by atoms with Crippen molar-refractivity contribution in [2.45, 2.75) is 39.5 Å². The number of carbonyl (C=O) groups is 1. The molecule has 1 fully saturated rings. The van der Waals surface area contributed by atoms with Crippen molar-refractivity contribution in [3.63, 3.8) is 0 Å². The van der Waals surface area contributed by atoms with Gasteiger partial charge in [0.1, 0.15) is 22.7 Å². The number of carbonyl (C=O) groups excluding carboxylic acids is 1. The van der Waals surface area contributed by atoms with E-state index < -0.39 is 11.6 Å². The average molecular weight is 490 g/mol. The van der Waals surface area contributed by atoms with E-state index in [1.807, 2.05) is 6.92 Å². The molecule has 0 aliphatic carbocycles. The zero-order chi connectivity index (χ0) is 25.4. The summed E-state index contributed by atoms with van der Waals surface area (Å²) in [4.78, 5) is 40.1. The Morgan fingerprint density at radius 3 is 2.44 bits per heavy atom. The van der Waals surface area contributed by atoms with E-state index >= 15 is 0 Å². The summed E-state index contributed by atoms with van der Waals surface area (Å²) in [6.45, 7) is 4.63. The highest BCUT2D eigenvalue weighted by Gasteiger charge is 2.25. The number of aryl methyl sites for hydroxylation is 1. The number of ether oxygens (including phenoxy) is 2. The zero-order valence-electron chi connectivity index (χ0n) is 20.5. The Hall–Kier alpha value is -4.07. The molecule has 0 N–H and O–H groups in total. The molecule has 5 rings (SSSR count). The minimum atomic E-state index is -0.518. The van der Waals surface area contributed by atoms with Gasteiger partial charge in [0.25, 0.3) is 0 Å². The maximum atomic E-state index is 13.9. The normalized spacial score (nSPS) is 13.8. The number of piperidine rings is 1. The molecule has 186 valence electrons. The first-order valence-corrected chi connectivity index (χ1v) is 12.0. The van der Waals surface area contributed by atoms with E-state index in [2.05, 4.69) is 4.90 Å². The number of esters is 1. The molecule has 2 aromatic carbocycles. The number of hydrogen-bond donors (Lipinski definition) is 0. The fraction of sp³-hybridized carbons (Fsp3) is 0.321. The molecule has 8 heteroatoms. The monoisotopic (exact) mass is 489 g/mol. The number of anilines is 1. The predicted octanol–water partition coefficient (Wildman–Crippen LogP) is 4.72. The molecule has 3 heterocycles. The Morgan fingerprint density at radius 2 is 1.72 bits per heavy atom. The summed E-state index contributed by atoms with van der Waals surface area (Å²) in [5.74, 6) is 0.787. The molecule has 1 aliphatic heterocycles. The lowest BCUT2D eigenvalue weighted by molar-refractivity contribution is -0.131. The van der Waals surface area contributed by atoms with Crippen molar-refractivity contribution in [2.24, 2.45) is 0 Å². The van der Waals surface area contributed by atoms with E-state index in [1.54, 1.807) is 37.4 Å². The van der Waals surface area contributed by atoms with Crippen molar-refractivity contribution in [3.05, 3.63) is 73.7 Å². The minimum absolute atomic E-state index is 0.0580. The van der Waals surface area contributed by atoms with E-state index in [1.165, 1.54) is 13.0 Å². The number of methoxy groups -OCH3 is 1. The lowest BCUT2D eigenvalue weighted by atomic mass is 9.98. The standard InChI is InChI=1S/C28H27NO7/c1-16-13-25(31)36-27-19(16)9-10-23(34-17(2)30)21(27)15-22-26(32)20-8-7-18(33-3)14-24(20)35-28(22)29-11-5-4-6-12-29/h7-10,13-14H,4-6,11-12,15H2,1-3H3. The van der Waals surface area contributed by atoms with Crippen molar-refractivity contribution in [1.82, 2.24) is 0 Å². The first kappa shape index (κ1) is 23.7. The van der Waals surface area contributed by atoms with Gasteiger partial charge in [0, 0.05) is 49.5 Å². The summed E-state index contributed by atoms with van der Waals surface area (Å²) in [7, 11) is 1.56. The molecular formula is C28H27NO7. The van der Waals surface area contributed by atoms with Gasteiger partial charge < -0.3 is 23.2 Å². The van der Waals surface area contributed by atoms with Crippen LogP contribution in [-0.2, 0) is 11.2 Å². The highest BCUT2D eigenvalue weighted by Crippen LogP contribution is 2.35. The third-order valence-corrected chi connectivity index (χ3v) is 6.60. The van der Waals surface area contributed by atoms with E-state index in [0.717, 1.165) is 37.9 Å². The molecule has 0 atom stereocenters. The molecule has 4 aromatic rings. The van der Waals surface area contributed by atoms with Crippen LogP contribution in [0.3, 0.4) is 0 Å². The van der Waals surface area contributed by atoms with Crippen molar-refractivity contribution >= 4 is 33.8 Å². The quantitative estimate of drug-likeness (QED) is 0.226. The third kappa shape index (κ3) is 4.34. The van der Waals surface area contributed by atoms with E-state index in [-0.39, 0.29) is 23.2 Å². The predicted molar refractivity (Wildman–Crippen MR) is 136 cm³/mol. The van der Waals surface area contributed by atoms with Crippen LogP contribution in [0.25, 0.3) is 21.9 Å². The summed E-state index contributed by atoms with van der Waals surface area (Å²) >= 11 is 0. The Balaban J connectivity index is 1.78. The number of benzene rings is 2. The molecular weight excluding hydrogens is 462 g/mol.